The average molecular weight is 263 g/mol. The van der Waals surface area contributed by atoms with Gasteiger partial charge in [0.2, 0.25) is 11.8 Å². The minimum atomic E-state index is 0.303. The first-order valence-electron chi connectivity index (χ1n) is 7.25. The summed E-state index contributed by atoms with van der Waals surface area (Å²) in [4.78, 5) is 8.75. The summed E-state index contributed by atoms with van der Waals surface area (Å²) in [7, 11) is 0. The molecule has 1 fully saturated rings. The number of hydrogen-bond donors (Lipinski definition) is 1. The molecule has 1 N–H and O–H groups in total. The summed E-state index contributed by atoms with van der Waals surface area (Å²) >= 11 is 0. The molecule has 0 radical (unpaired) electrons. The second-order valence-corrected chi connectivity index (χ2v) is 6.18. The van der Waals surface area contributed by atoms with E-state index in [0.717, 1.165) is 25.1 Å². The molecule has 0 aliphatic heterocycles. The second kappa shape index (κ2) is 5.76. The van der Waals surface area contributed by atoms with E-state index in [9.17, 15) is 0 Å². The zero-order chi connectivity index (χ0) is 13.9. The molecule has 19 heavy (non-hydrogen) atoms. The Labute approximate surface area is 116 Å². The van der Waals surface area contributed by atoms with Gasteiger partial charge in [0.05, 0.1) is 0 Å². The molecule has 4 nitrogen and oxygen atoms in total. The highest BCUT2D eigenvalue weighted by atomic mass is 16.5. The van der Waals surface area contributed by atoms with Crippen molar-refractivity contribution in [3.8, 4) is 5.88 Å². The van der Waals surface area contributed by atoms with E-state index in [4.69, 9.17) is 4.74 Å². The maximum absolute atomic E-state index is 6.03. The van der Waals surface area contributed by atoms with Crippen LogP contribution in [0.5, 0.6) is 5.88 Å². The van der Waals surface area contributed by atoms with Crippen LogP contribution in [0.15, 0.2) is 6.07 Å². The molecule has 1 saturated carbocycles. The summed E-state index contributed by atoms with van der Waals surface area (Å²) in [5.74, 6) is 1.36. The Balaban J connectivity index is 1.99. The van der Waals surface area contributed by atoms with E-state index in [1.807, 2.05) is 19.9 Å². The first kappa shape index (κ1) is 14.1. The molecule has 1 aliphatic carbocycles. The molecule has 0 saturated heterocycles. The summed E-state index contributed by atoms with van der Waals surface area (Å²) in [5.41, 5.74) is 1.41. The molecule has 1 aromatic heterocycles. The topological polar surface area (TPSA) is 47.0 Å². The summed E-state index contributed by atoms with van der Waals surface area (Å²) in [6, 6.07) is 1.92. The van der Waals surface area contributed by atoms with Crippen LogP contribution in [0.3, 0.4) is 0 Å². The summed E-state index contributed by atoms with van der Waals surface area (Å²) < 4.78 is 6.03. The van der Waals surface area contributed by atoms with Gasteiger partial charge >= 0.3 is 0 Å². The zero-order valence-corrected chi connectivity index (χ0v) is 12.5. The van der Waals surface area contributed by atoms with Crippen LogP contribution in [0.1, 0.15) is 52.1 Å². The maximum Gasteiger partial charge on any atom is 0.226 e. The molecule has 0 bridgehead atoms. The molecule has 0 amide bonds. The van der Waals surface area contributed by atoms with Crippen LogP contribution in [0.25, 0.3) is 0 Å². The molecular weight excluding hydrogens is 238 g/mol. The van der Waals surface area contributed by atoms with E-state index in [1.165, 1.54) is 12.8 Å². The van der Waals surface area contributed by atoms with E-state index in [2.05, 4.69) is 29.1 Å². The van der Waals surface area contributed by atoms with Gasteiger partial charge in [0.15, 0.2) is 0 Å². The highest BCUT2D eigenvalue weighted by molar-refractivity contribution is 5.30. The Bertz CT molecular complexity index is 421. The highest BCUT2D eigenvalue weighted by Gasteiger charge is 2.28. The predicted molar refractivity (Wildman–Crippen MR) is 77.6 cm³/mol. The number of aromatic nitrogens is 2. The van der Waals surface area contributed by atoms with Gasteiger partial charge in [-0.2, -0.15) is 4.98 Å². The first-order chi connectivity index (χ1) is 8.98. The SMILES string of the molecule is CCNc1nc(C)cc(OC2CCC(C)(C)CC2)n1. The molecule has 0 atom stereocenters. The molecule has 1 aliphatic rings. The minimum Gasteiger partial charge on any atom is -0.474 e. The fourth-order valence-corrected chi connectivity index (χ4v) is 2.50. The Morgan fingerprint density at radius 3 is 2.63 bits per heavy atom. The molecule has 2 rings (SSSR count). The summed E-state index contributed by atoms with van der Waals surface area (Å²) in [6.45, 7) is 9.50. The van der Waals surface area contributed by atoms with Gasteiger partial charge in [-0.15, -0.1) is 0 Å². The van der Waals surface area contributed by atoms with Gasteiger partial charge in [-0.25, -0.2) is 4.98 Å². The van der Waals surface area contributed by atoms with Crippen molar-refractivity contribution >= 4 is 5.95 Å². The van der Waals surface area contributed by atoms with Crippen molar-refractivity contribution in [3.05, 3.63) is 11.8 Å². The number of aryl methyl sites for hydroxylation is 1. The number of nitrogens with one attached hydrogen (secondary N) is 1. The van der Waals surface area contributed by atoms with Crippen molar-refractivity contribution in [2.75, 3.05) is 11.9 Å². The van der Waals surface area contributed by atoms with E-state index < -0.39 is 0 Å². The molecule has 106 valence electrons. The lowest BCUT2D eigenvalue weighted by Crippen LogP contribution is -2.28. The molecule has 4 heteroatoms. The van der Waals surface area contributed by atoms with Crippen molar-refractivity contribution < 1.29 is 4.74 Å². The van der Waals surface area contributed by atoms with Crippen molar-refractivity contribution in [3.63, 3.8) is 0 Å². The number of rotatable bonds is 4. The lowest BCUT2D eigenvalue weighted by atomic mass is 9.76. The third-order valence-electron chi connectivity index (χ3n) is 3.74. The Morgan fingerprint density at radius 2 is 2.00 bits per heavy atom. The quantitative estimate of drug-likeness (QED) is 0.902. The van der Waals surface area contributed by atoms with Gasteiger partial charge in [-0.3, -0.25) is 0 Å². The van der Waals surface area contributed by atoms with Gasteiger partial charge in [-0.05, 0) is 44.9 Å². The molecular formula is C15H25N3O. The van der Waals surface area contributed by atoms with E-state index in [1.54, 1.807) is 0 Å². The van der Waals surface area contributed by atoms with E-state index in [-0.39, 0.29) is 0 Å². The third-order valence-corrected chi connectivity index (χ3v) is 3.74. The largest absolute Gasteiger partial charge is 0.474 e. The van der Waals surface area contributed by atoms with Gasteiger partial charge < -0.3 is 10.1 Å². The van der Waals surface area contributed by atoms with Crippen LogP contribution in [-0.2, 0) is 0 Å². The van der Waals surface area contributed by atoms with Crippen LogP contribution in [0.4, 0.5) is 5.95 Å². The lowest BCUT2D eigenvalue weighted by molar-refractivity contribution is 0.0948. The molecule has 0 unspecified atom stereocenters. The van der Waals surface area contributed by atoms with Gasteiger partial charge in [0.25, 0.3) is 0 Å². The molecule has 1 heterocycles. The minimum absolute atomic E-state index is 0.303. The first-order valence-corrected chi connectivity index (χ1v) is 7.25. The summed E-state index contributed by atoms with van der Waals surface area (Å²) in [6.07, 6.45) is 4.99. The van der Waals surface area contributed by atoms with E-state index in [0.29, 0.717) is 23.3 Å². The zero-order valence-electron chi connectivity index (χ0n) is 12.5. The normalized spacial score (nSPS) is 19.2. The average Bonchev–Trinajstić information content (AvgIpc) is 2.32. The van der Waals surface area contributed by atoms with Crippen LogP contribution in [0, 0.1) is 12.3 Å². The van der Waals surface area contributed by atoms with Gasteiger partial charge in [0.1, 0.15) is 6.10 Å². The van der Waals surface area contributed by atoms with Crippen molar-refractivity contribution in [1.29, 1.82) is 0 Å². The number of ether oxygens (including phenoxy) is 1. The predicted octanol–water partition coefficient (Wildman–Crippen LogP) is 3.56. The molecule has 0 aromatic carbocycles. The maximum atomic E-state index is 6.03. The van der Waals surface area contributed by atoms with Crippen molar-refractivity contribution in [2.45, 2.75) is 59.5 Å². The second-order valence-electron chi connectivity index (χ2n) is 6.18. The standard InChI is InChI=1S/C15H25N3O/c1-5-16-14-17-11(2)10-13(18-14)19-12-6-8-15(3,4)9-7-12/h10,12H,5-9H2,1-4H3,(H,16,17,18). The number of nitrogens with zero attached hydrogens (tertiary/aromatic N) is 2. The Morgan fingerprint density at radius 1 is 1.32 bits per heavy atom. The van der Waals surface area contributed by atoms with Crippen LogP contribution < -0.4 is 10.1 Å². The third kappa shape index (κ3) is 4.08. The van der Waals surface area contributed by atoms with Crippen molar-refractivity contribution in [1.82, 2.24) is 9.97 Å². The number of anilines is 1. The fraction of sp³-hybridized carbons (Fsp3) is 0.733. The lowest BCUT2D eigenvalue weighted by Gasteiger charge is -2.34. The smallest absolute Gasteiger partial charge is 0.226 e. The Kier molecular flexibility index (Phi) is 4.27. The highest BCUT2D eigenvalue weighted by Crippen LogP contribution is 2.36. The van der Waals surface area contributed by atoms with Crippen LogP contribution >= 0.6 is 0 Å². The Hall–Kier alpha value is -1.32. The van der Waals surface area contributed by atoms with Crippen molar-refractivity contribution in [2.24, 2.45) is 5.41 Å². The molecule has 0 spiro atoms. The summed E-state index contributed by atoms with van der Waals surface area (Å²) in [5, 5.41) is 3.14. The van der Waals surface area contributed by atoms with Crippen LogP contribution in [0.2, 0.25) is 0 Å². The van der Waals surface area contributed by atoms with Crippen LogP contribution in [-0.4, -0.2) is 22.6 Å². The molecule has 1 aromatic rings. The monoisotopic (exact) mass is 263 g/mol. The van der Waals surface area contributed by atoms with Gasteiger partial charge in [0, 0.05) is 18.3 Å². The number of hydrogen-bond acceptors (Lipinski definition) is 4. The van der Waals surface area contributed by atoms with Gasteiger partial charge in [-0.1, -0.05) is 13.8 Å². The fourth-order valence-electron chi connectivity index (χ4n) is 2.50. The van der Waals surface area contributed by atoms with E-state index >= 15 is 0 Å².